The first kappa shape index (κ1) is 23.7. The molecule has 3 N–H and O–H groups in total. The van der Waals surface area contributed by atoms with Gasteiger partial charge in [-0.25, -0.2) is 13.2 Å². The molecule has 1 aromatic heterocycles. The van der Waals surface area contributed by atoms with Gasteiger partial charge in [-0.2, -0.15) is 5.10 Å². The lowest BCUT2D eigenvalue weighted by atomic mass is 10.2. The number of hydrogen-bond acceptors (Lipinski definition) is 6. The Morgan fingerprint density at radius 3 is 2.47 bits per heavy atom. The predicted molar refractivity (Wildman–Crippen MR) is 116 cm³/mol. The predicted octanol–water partition coefficient (Wildman–Crippen LogP) is 3.34. The van der Waals surface area contributed by atoms with Crippen LogP contribution in [0.2, 0.25) is 0 Å². The number of nitrogens with zero attached hydrogens (tertiary/aromatic N) is 2. The Morgan fingerprint density at radius 1 is 1.27 bits per heavy atom. The number of carbonyl (C=O) groups excluding carboxylic acids is 1. The first-order valence-corrected chi connectivity index (χ1v) is 11.6. The molecule has 2 rings (SSSR count). The largest absolute Gasteiger partial charge is 0.444 e. The Hall–Kier alpha value is -2.55. The monoisotopic (exact) mass is 436 g/mol. The Kier molecular flexibility index (Phi) is 7.18. The van der Waals surface area contributed by atoms with Crippen molar-refractivity contribution in [1.82, 2.24) is 15.1 Å². The van der Waals surface area contributed by atoms with E-state index in [4.69, 9.17) is 10.5 Å². The van der Waals surface area contributed by atoms with Gasteiger partial charge in [0.05, 0.1) is 22.8 Å². The third-order valence-electron chi connectivity index (χ3n) is 4.39. The molecule has 0 aliphatic rings. The van der Waals surface area contributed by atoms with Gasteiger partial charge in [-0.1, -0.05) is 19.9 Å². The lowest BCUT2D eigenvalue weighted by Gasteiger charge is -2.22. The lowest BCUT2D eigenvalue weighted by Crippen LogP contribution is -2.40. The van der Waals surface area contributed by atoms with E-state index >= 15 is 0 Å². The maximum atomic E-state index is 13.4. The number of ether oxygens (including phenoxy) is 1. The van der Waals surface area contributed by atoms with Crippen molar-refractivity contribution in [3.8, 4) is 0 Å². The van der Waals surface area contributed by atoms with E-state index in [1.165, 1.54) is 12.1 Å². The molecule has 1 amide bonds. The number of aromatic nitrogens is 2. The van der Waals surface area contributed by atoms with E-state index in [1.54, 1.807) is 37.6 Å². The van der Waals surface area contributed by atoms with Crippen LogP contribution in [0.3, 0.4) is 0 Å². The molecule has 0 radical (unpaired) electrons. The van der Waals surface area contributed by atoms with E-state index in [1.807, 2.05) is 20.8 Å². The topological polar surface area (TPSA) is 116 Å². The summed E-state index contributed by atoms with van der Waals surface area (Å²) in [5.74, 6) is 0. The van der Waals surface area contributed by atoms with Crippen LogP contribution >= 0.6 is 0 Å². The number of nitrogen functional groups attached to an aromatic ring is 1. The third-order valence-corrected chi connectivity index (χ3v) is 6.28. The maximum Gasteiger partial charge on any atom is 0.407 e. The van der Waals surface area contributed by atoms with Crippen LogP contribution in [0.25, 0.3) is 0 Å². The van der Waals surface area contributed by atoms with Crippen LogP contribution in [0.1, 0.15) is 52.9 Å². The minimum atomic E-state index is -3.78. The summed E-state index contributed by atoms with van der Waals surface area (Å²) < 4.78 is 33.7. The summed E-state index contributed by atoms with van der Waals surface area (Å²) in [6.45, 7) is 11.3. The van der Waals surface area contributed by atoms with Gasteiger partial charge in [-0.05, 0) is 58.7 Å². The normalized spacial score (nSPS) is 13.1. The zero-order valence-electron chi connectivity index (χ0n) is 18.5. The van der Waals surface area contributed by atoms with E-state index in [2.05, 4.69) is 10.4 Å². The highest BCUT2D eigenvalue weighted by molar-refractivity contribution is 7.91. The van der Waals surface area contributed by atoms with E-state index < -0.39 is 21.5 Å². The number of alkyl carbamates (subject to hydrolysis) is 1. The number of anilines is 1. The molecule has 2 aromatic rings. The number of rotatable bonds is 7. The average molecular weight is 437 g/mol. The molecule has 0 saturated heterocycles. The van der Waals surface area contributed by atoms with Crippen LogP contribution in [-0.2, 0) is 34.0 Å². The van der Waals surface area contributed by atoms with Gasteiger partial charge in [-0.15, -0.1) is 0 Å². The molecule has 1 atom stereocenters. The summed E-state index contributed by atoms with van der Waals surface area (Å²) in [4.78, 5) is 12.4. The second-order valence-electron chi connectivity index (χ2n) is 8.23. The minimum Gasteiger partial charge on any atom is -0.444 e. The molecule has 0 aliphatic heterocycles. The molecule has 1 heterocycles. The second-order valence-corrected chi connectivity index (χ2v) is 10.1. The van der Waals surface area contributed by atoms with E-state index in [0.29, 0.717) is 36.5 Å². The van der Waals surface area contributed by atoms with Crippen molar-refractivity contribution >= 4 is 21.6 Å². The van der Waals surface area contributed by atoms with Gasteiger partial charge >= 0.3 is 6.09 Å². The number of nitrogens with two attached hydrogens (primary N) is 1. The zero-order chi connectivity index (χ0) is 22.7. The summed E-state index contributed by atoms with van der Waals surface area (Å²) in [5, 5.41) is 7.32. The van der Waals surface area contributed by atoms with Gasteiger partial charge in [0.15, 0.2) is 0 Å². The summed E-state index contributed by atoms with van der Waals surface area (Å²) in [5.41, 5.74) is 6.69. The number of aryl methyl sites for hydroxylation is 1. The Bertz CT molecular complexity index is 1010. The number of hydrogen-bond donors (Lipinski definition) is 2. The Morgan fingerprint density at radius 2 is 1.93 bits per heavy atom. The SMILES string of the molecule is CCc1nn(C[C@@H](C)NC(=O)OC(C)(C)C)c(CC)c1S(=O)(=O)c1cccc(N)c1. The van der Waals surface area contributed by atoms with Crippen LogP contribution in [0.15, 0.2) is 34.1 Å². The zero-order valence-corrected chi connectivity index (χ0v) is 19.3. The van der Waals surface area contributed by atoms with Gasteiger partial charge in [-0.3, -0.25) is 4.68 Å². The van der Waals surface area contributed by atoms with Gasteiger partial charge in [0.2, 0.25) is 9.84 Å². The summed E-state index contributed by atoms with van der Waals surface area (Å²) >= 11 is 0. The number of nitrogens with one attached hydrogen (secondary N) is 1. The highest BCUT2D eigenvalue weighted by Crippen LogP contribution is 2.29. The smallest absolute Gasteiger partial charge is 0.407 e. The molecule has 9 heteroatoms. The van der Waals surface area contributed by atoms with Crippen molar-refractivity contribution in [1.29, 1.82) is 0 Å². The van der Waals surface area contributed by atoms with Crippen molar-refractivity contribution in [2.75, 3.05) is 5.73 Å². The number of benzene rings is 1. The fraction of sp³-hybridized carbons (Fsp3) is 0.524. The quantitative estimate of drug-likeness (QED) is 0.643. The molecule has 30 heavy (non-hydrogen) atoms. The molecular weight excluding hydrogens is 404 g/mol. The number of carbonyl (C=O) groups is 1. The van der Waals surface area contributed by atoms with Gasteiger partial charge in [0.25, 0.3) is 0 Å². The first-order valence-electron chi connectivity index (χ1n) is 10.1. The lowest BCUT2D eigenvalue weighted by molar-refractivity contribution is 0.0503. The molecule has 166 valence electrons. The first-order chi connectivity index (χ1) is 13.9. The highest BCUT2D eigenvalue weighted by atomic mass is 32.2. The second kappa shape index (κ2) is 9.07. The van der Waals surface area contributed by atoms with Crippen LogP contribution in [0, 0.1) is 0 Å². The number of amides is 1. The van der Waals surface area contributed by atoms with Crippen molar-refractivity contribution in [2.45, 2.75) is 82.4 Å². The molecule has 0 fully saturated rings. The van der Waals surface area contributed by atoms with E-state index in [0.717, 1.165) is 0 Å². The van der Waals surface area contributed by atoms with Crippen LogP contribution in [0.4, 0.5) is 10.5 Å². The molecule has 1 aromatic carbocycles. The molecule has 0 saturated carbocycles. The van der Waals surface area contributed by atoms with Crippen molar-refractivity contribution in [2.24, 2.45) is 0 Å². The standard InChI is InChI=1S/C21H32N4O4S/c1-7-17-19(30(27,28)16-11-9-10-15(22)12-16)18(8-2)25(24-17)13-14(3)23-20(26)29-21(4,5)6/h9-12,14H,7-8,13,22H2,1-6H3,(H,23,26)/t14-/m1/s1. The van der Waals surface area contributed by atoms with Crippen LogP contribution in [-0.4, -0.2) is 35.9 Å². The van der Waals surface area contributed by atoms with E-state index in [9.17, 15) is 13.2 Å². The fourth-order valence-electron chi connectivity index (χ4n) is 3.18. The molecule has 0 aliphatic carbocycles. The maximum absolute atomic E-state index is 13.4. The van der Waals surface area contributed by atoms with E-state index in [-0.39, 0.29) is 15.8 Å². The molecule has 0 bridgehead atoms. The molecule has 0 unspecified atom stereocenters. The molecular formula is C21H32N4O4S. The Balaban J connectivity index is 2.38. The highest BCUT2D eigenvalue weighted by Gasteiger charge is 2.29. The third kappa shape index (κ3) is 5.53. The van der Waals surface area contributed by atoms with Gasteiger partial charge in [0, 0.05) is 11.7 Å². The average Bonchev–Trinajstić information content (AvgIpc) is 2.97. The summed E-state index contributed by atoms with van der Waals surface area (Å²) in [6, 6.07) is 5.95. The van der Waals surface area contributed by atoms with Crippen molar-refractivity contribution in [3.05, 3.63) is 35.7 Å². The summed E-state index contributed by atoms with van der Waals surface area (Å²) in [6.07, 6.45) is 0.414. The van der Waals surface area contributed by atoms with Crippen LogP contribution in [0.5, 0.6) is 0 Å². The molecule has 8 nitrogen and oxygen atoms in total. The minimum absolute atomic E-state index is 0.145. The van der Waals surface area contributed by atoms with Gasteiger partial charge < -0.3 is 15.8 Å². The van der Waals surface area contributed by atoms with Crippen LogP contribution < -0.4 is 11.1 Å². The fourth-order valence-corrected chi connectivity index (χ4v) is 5.02. The summed E-state index contributed by atoms with van der Waals surface area (Å²) in [7, 11) is -3.78. The van der Waals surface area contributed by atoms with Gasteiger partial charge in [0.1, 0.15) is 10.5 Å². The molecule has 0 spiro atoms. The van der Waals surface area contributed by atoms with Crippen molar-refractivity contribution in [3.63, 3.8) is 0 Å². The number of sulfone groups is 1. The Labute approximate surface area is 178 Å². The van der Waals surface area contributed by atoms with Crippen molar-refractivity contribution < 1.29 is 17.9 Å².